The third-order valence-electron chi connectivity index (χ3n) is 2.92. The number of carbonyl (C=O) groups excluding carboxylic acids is 1. The summed E-state index contributed by atoms with van der Waals surface area (Å²) in [7, 11) is 0. The molecule has 0 radical (unpaired) electrons. The molecule has 0 unspecified atom stereocenters. The minimum atomic E-state index is 0.604. The summed E-state index contributed by atoms with van der Waals surface area (Å²) in [4.78, 5) is 13.5. The minimum Gasteiger partial charge on any atom is -0.298 e. The van der Waals surface area contributed by atoms with Crippen LogP contribution in [0.1, 0.15) is 15.2 Å². The molecule has 5 heteroatoms. The zero-order valence-corrected chi connectivity index (χ0v) is 13.1. The highest BCUT2D eigenvalue weighted by Crippen LogP contribution is 2.29. The Bertz CT molecular complexity index is 776. The van der Waals surface area contributed by atoms with Gasteiger partial charge in [-0.1, -0.05) is 22.0 Å². The molecule has 100 valence electrons. The van der Waals surface area contributed by atoms with Crippen LogP contribution in [0.4, 0.5) is 0 Å². The SMILES string of the molecule is Cc1ccc(-c2nn(-c3cccc(Br)c3)cc2C=O)s1. The van der Waals surface area contributed by atoms with E-state index in [4.69, 9.17) is 0 Å². The zero-order valence-electron chi connectivity index (χ0n) is 10.7. The van der Waals surface area contributed by atoms with Crippen molar-refractivity contribution in [2.75, 3.05) is 0 Å². The Morgan fingerprint density at radius 1 is 1.30 bits per heavy atom. The van der Waals surface area contributed by atoms with E-state index >= 15 is 0 Å². The highest BCUT2D eigenvalue weighted by atomic mass is 79.9. The number of hydrogen-bond acceptors (Lipinski definition) is 3. The molecule has 3 nitrogen and oxygen atoms in total. The van der Waals surface area contributed by atoms with Gasteiger partial charge in [-0.15, -0.1) is 11.3 Å². The van der Waals surface area contributed by atoms with E-state index in [1.807, 2.05) is 43.3 Å². The van der Waals surface area contributed by atoms with Gasteiger partial charge in [0, 0.05) is 15.5 Å². The maximum atomic E-state index is 11.3. The summed E-state index contributed by atoms with van der Waals surface area (Å²) in [5.41, 5.74) is 2.26. The first-order chi connectivity index (χ1) is 9.67. The molecule has 0 fully saturated rings. The number of aromatic nitrogens is 2. The van der Waals surface area contributed by atoms with Crippen molar-refractivity contribution in [1.82, 2.24) is 9.78 Å². The Morgan fingerprint density at radius 2 is 2.15 bits per heavy atom. The first-order valence-electron chi connectivity index (χ1n) is 6.05. The maximum absolute atomic E-state index is 11.3. The average Bonchev–Trinajstić information content (AvgIpc) is 3.04. The summed E-state index contributed by atoms with van der Waals surface area (Å²) in [6.45, 7) is 2.04. The quantitative estimate of drug-likeness (QED) is 0.655. The Morgan fingerprint density at radius 3 is 2.80 bits per heavy atom. The normalized spacial score (nSPS) is 10.7. The van der Waals surface area contributed by atoms with Gasteiger partial charge < -0.3 is 0 Å². The van der Waals surface area contributed by atoms with Crippen LogP contribution in [0.5, 0.6) is 0 Å². The molecule has 0 saturated heterocycles. The van der Waals surface area contributed by atoms with Gasteiger partial charge in [-0.05, 0) is 37.3 Å². The number of thiophene rings is 1. The summed E-state index contributed by atoms with van der Waals surface area (Å²) >= 11 is 5.08. The van der Waals surface area contributed by atoms with E-state index in [9.17, 15) is 4.79 Å². The molecule has 0 N–H and O–H groups in total. The number of benzene rings is 1. The second-order valence-electron chi connectivity index (χ2n) is 4.39. The van der Waals surface area contributed by atoms with Crippen molar-refractivity contribution in [2.45, 2.75) is 6.92 Å². The van der Waals surface area contributed by atoms with E-state index in [1.54, 1.807) is 22.2 Å². The number of halogens is 1. The van der Waals surface area contributed by atoms with Crippen molar-refractivity contribution in [3.8, 4) is 16.3 Å². The number of carbonyl (C=O) groups is 1. The van der Waals surface area contributed by atoms with Gasteiger partial charge in [-0.25, -0.2) is 4.68 Å². The second-order valence-corrected chi connectivity index (χ2v) is 6.59. The smallest absolute Gasteiger partial charge is 0.153 e. The summed E-state index contributed by atoms with van der Waals surface area (Å²) in [5.74, 6) is 0. The number of aldehydes is 1. The van der Waals surface area contributed by atoms with Crippen LogP contribution in [0.25, 0.3) is 16.3 Å². The number of nitrogens with zero attached hydrogens (tertiary/aromatic N) is 2. The number of aryl methyl sites for hydroxylation is 1. The summed E-state index contributed by atoms with van der Waals surface area (Å²) in [6.07, 6.45) is 2.62. The lowest BCUT2D eigenvalue weighted by Gasteiger charge is -2.00. The Hall–Kier alpha value is -1.72. The third kappa shape index (κ3) is 2.46. The molecule has 3 aromatic rings. The molecule has 20 heavy (non-hydrogen) atoms. The monoisotopic (exact) mass is 346 g/mol. The van der Waals surface area contributed by atoms with E-state index < -0.39 is 0 Å². The second kappa shape index (κ2) is 5.34. The average molecular weight is 347 g/mol. The van der Waals surface area contributed by atoms with Crippen LogP contribution in [0.15, 0.2) is 47.1 Å². The summed E-state index contributed by atoms with van der Waals surface area (Å²) < 4.78 is 2.71. The van der Waals surface area contributed by atoms with Gasteiger partial charge in [0.2, 0.25) is 0 Å². The van der Waals surface area contributed by atoms with Crippen molar-refractivity contribution in [2.24, 2.45) is 0 Å². The maximum Gasteiger partial charge on any atom is 0.153 e. The van der Waals surface area contributed by atoms with Gasteiger partial charge in [0.15, 0.2) is 6.29 Å². The third-order valence-corrected chi connectivity index (χ3v) is 4.42. The molecule has 2 heterocycles. The van der Waals surface area contributed by atoms with Crippen LogP contribution in [-0.2, 0) is 0 Å². The van der Waals surface area contributed by atoms with Gasteiger partial charge in [-0.3, -0.25) is 4.79 Å². The van der Waals surface area contributed by atoms with Crippen LogP contribution >= 0.6 is 27.3 Å². The fraction of sp³-hybridized carbons (Fsp3) is 0.0667. The van der Waals surface area contributed by atoms with Crippen molar-refractivity contribution in [1.29, 1.82) is 0 Å². The Balaban J connectivity index is 2.11. The van der Waals surface area contributed by atoms with Crippen molar-refractivity contribution in [3.63, 3.8) is 0 Å². The lowest BCUT2D eigenvalue weighted by atomic mass is 10.2. The van der Waals surface area contributed by atoms with E-state index in [-0.39, 0.29) is 0 Å². The van der Waals surface area contributed by atoms with Crippen LogP contribution in [0, 0.1) is 6.92 Å². The lowest BCUT2D eigenvalue weighted by Crippen LogP contribution is -1.94. The molecular weight excluding hydrogens is 336 g/mol. The van der Waals surface area contributed by atoms with Crippen LogP contribution < -0.4 is 0 Å². The Kier molecular flexibility index (Phi) is 3.54. The van der Waals surface area contributed by atoms with E-state index in [2.05, 4.69) is 21.0 Å². The van der Waals surface area contributed by atoms with E-state index in [0.717, 1.165) is 27.0 Å². The zero-order chi connectivity index (χ0) is 14.1. The topological polar surface area (TPSA) is 34.9 Å². The van der Waals surface area contributed by atoms with Crippen molar-refractivity contribution < 1.29 is 4.79 Å². The fourth-order valence-corrected chi connectivity index (χ4v) is 3.24. The summed E-state index contributed by atoms with van der Waals surface area (Å²) in [5, 5.41) is 4.55. The Labute approximate surface area is 129 Å². The molecule has 0 spiro atoms. The minimum absolute atomic E-state index is 0.604. The number of rotatable bonds is 3. The lowest BCUT2D eigenvalue weighted by molar-refractivity contribution is 0.112. The standard InChI is InChI=1S/C15H11BrN2OS/c1-10-5-6-14(20-10)15-11(9-19)8-18(17-15)13-4-2-3-12(16)7-13/h2-9H,1H3. The molecule has 0 aliphatic carbocycles. The molecule has 0 atom stereocenters. The molecule has 1 aromatic carbocycles. The molecule has 3 rings (SSSR count). The van der Waals surface area contributed by atoms with E-state index in [1.165, 1.54) is 4.88 Å². The molecule has 0 amide bonds. The van der Waals surface area contributed by atoms with Crippen LogP contribution in [-0.4, -0.2) is 16.1 Å². The van der Waals surface area contributed by atoms with Crippen LogP contribution in [0.2, 0.25) is 0 Å². The first kappa shape index (κ1) is 13.3. The number of hydrogen-bond donors (Lipinski definition) is 0. The first-order valence-corrected chi connectivity index (χ1v) is 7.66. The van der Waals surface area contributed by atoms with Gasteiger partial charge in [-0.2, -0.15) is 5.10 Å². The fourth-order valence-electron chi connectivity index (χ4n) is 1.98. The van der Waals surface area contributed by atoms with E-state index in [0.29, 0.717) is 5.56 Å². The molecule has 0 aliphatic heterocycles. The molecule has 2 aromatic heterocycles. The highest BCUT2D eigenvalue weighted by Gasteiger charge is 2.13. The summed E-state index contributed by atoms with van der Waals surface area (Å²) in [6, 6.07) is 11.8. The highest BCUT2D eigenvalue weighted by molar-refractivity contribution is 9.10. The van der Waals surface area contributed by atoms with Gasteiger partial charge >= 0.3 is 0 Å². The largest absolute Gasteiger partial charge is 0.298 e. The predicted octanol–water partition coefficient (Wildman–Crippen LogP) is 4.48. The van der Waals surface area contributed by atoms with Crippen LogP contribution in [0.3, 0.4) is 0 Å². The van der Waals surface area contributed by atoms with Gasteiger partial charge in [0.1, 0.15) is 5.69 Å². The van der Waals surface area contributed by atoms with Gasteiger partial charge in [0.05, 0.1) is 16.1 Å². The van der Waals surface area contributed by atoms with Gasteiger partial charge in [0.25, 0.3) is 0 Å². The predicted molar refractivity (Wildman–Crippen MR) is 84.7 cm³/mol. The molecule has 0 bridgehead atoms. The molecule has 0 aliphatic rings. The van der Waals surface area contributed by atoms with Crippen molar-refractivity contribution in [3.05, 3.63) is 57.5 Å². The molecular formula is C15H11BrN2OS. The molecule has 0 saturated carbocycles. The van der Waals surface area contributed by atoms with Crippen molar-refractivity contribution >= 4 is 33.6 Å².